The minimum Gasteiger partial charge on any atom is -0.366 e. The minimum atomic E-state index is 0.312. The smallest absolute Gasteiger partial charge is 0.182 e. The van der Waals surface area contributed by atoms with Crippen molar-refractivity contribution in [2.75, 3.05) is 26.2 Å². The van der Waals surface area contributed by atoms with E-state index in [-0.39, 0.29) is 0 Å². The number of hydrogen-bond donors (Lipinski definition) is 1. The predicted molar refractivity (Wildman–Crippen MR) is 42.1 cm³/mol. The maximum Gasteiger partial charge on any atom is 0.182 e. The number of hydrogen-bond acceptors (Lipinski definition) is 3. The van der Waals surface area contributed by atoms with Gasteiger partial charge in [0, 0.05) is 32.6 Å². The van der Waals surface area contributed by atoms with Crippen molar-refractivity contribution in [3.05, 3.63) is 11.8 Å². The first kappa shape index (κ1) is 6.85. The number of nitrogens with zero attached hydrogens (tertiary/aromatic N) is 1. The number of carbonyl (C=O) groups is 1. The van der Waals surface area contributed by atoms with Crippen molar-refractivity contribution in [2.45, 2.75) is 6.42 Å². The Bertz CT molecular complexity index is 204. The molecule has 0 unspecified atom stereocenters. The summed E-state index contributed by atoms with van der Waals surface area (Å²) in [4.78, 5) is 13.2. The van der Waals surface area contributed by atoms with Crippen molar-refractivity contribution in [3.8, 4) is 0 Å². The van der Waals surface area contributed by atoms with E-state index in [1.54, 1.807) is 0 Å². The SMILES string of the molecule is O=C1CC=C1N1CCNCC1. The molecular weight excluding hydrogens is 140 g/mol. The molecule has 1 N–H and O–H groups in total. The number of Topliss-reactive ketones (excluding diaryl/α,β-unsaturated/α-hetero) is 1. The van der Waals surface area contributed by atoms with E-state index in [0.29, 0.717) is 12.2 Å². The Morgan fingerprint density at radius 1 is 1.36 bits per heavy atom. The van der Waals surface area contributed by atoms with Crippen molar-refractivity contribution in [2.24, 2.45) is 0 Å². The zero-order valence-electron chi connectivity index (χ0n) is 6.47. The number of allylic oxidation sites excluding steroid dienone is 2. The Hall–Kier alpha value is -0.830. The fourth-order valence-electron chi connectivity index (χ4n) is 1.49. The highest BCUT2D eigenvalue weighted by Gasteiger charge is 2.23. The van der Waals surface area contributed by atoms with Gasteiger partial charge in [-0.1, -0.05) is 0 Å². The van der Waals surface area contributed by atoms with Gasteiger partial charge in [0.2, 0.25) is 0 Å². The predicted octanol–water partition coefficient (Wildman–Crippen LogP) is -0.252. The molecule has 11 heavy (non-hydrogen) atoms. The third kappa shape index (κ3) is 1.16. The maximum absolute atomic E-state index is 11.0. The molecule has 0 amide bonds. The van der Waals surface area contributed by atoms with Gasteiger partial charge in [-0.3, -0.25) is 4.79 Å². The summed E-state index contributed by atoms with van der Waals surface area (Å²) in [5.74, 6) is 0.312. The Balaban J connectivity index is 1.98. The molecule has 2 rings (SSSR count). The van der Waals surface area contributed by atoms with Crippen LogP contribution in [0.1, 0.15) is 6.42 Å². The summed E-state index contributed by atoms with van der Waals surface area (Å²) in [6.45, 7) is 3.98. The molecule has 0 radical (unpaired) electrons. The lowest BCUT2D eigenvalue weighted by Gasteiger charge is -2.33. The quantitative estimate of drug-likeness (QED) is 0.562. The second-order valence-corrected chi connectivity index (χ2v) is 2.95. The van der Waals surface area contributed by atoms with Crippen molar-refractivity contribution < 1.29 is 4.79 Å². The fourth-order valence-corrected chi connectivity index (χ4v) is 1.49. The van der Waals surface area contributed by atoms with E-state index in [1.807, 2.05) is 6.08 Å². The van der Waals surface area contributed by atoms with Gasteiger partial charge in [0.25, 0.3) is 0 Å². The fraction of sp³-hybridized carbons (Fsp3) is 0.625. The highest BCUT2D eigenvalue weighted by molar-refractivity contribution is 6.01. The van der Waals surface area contributed by atoms with Crippen molar-refractivity contribution in [1.29, 1.82) is 0 Å². The number of rotatable bonds is 1. The Morgan fingerprint density at radius 2 is 2.09 bits per heavy atom. The molecule has 60 valence electrons. The first-order valence-corrected chi connectivity index (χ1v) is 4.07. The van der Waals surface area contributed by atoms with Crippen LogP contribution in [0.25, 0.3) is 0 Å². The normalized spacial score (nSPS) is 24.5. The van der Waals surface area contributed by atoms with E-state index in [9.17, 15) is 4.79 Å². The van der Waals surface area contributed by atoms with Crippen molar-refractivity contribution >= 4 is 5.78 Å². The number of carbonyl (C=O) groups excluding carboxylic acids is 1. The molecule has 1 aliphatic carbocycles. The van der Waals surface area contributed by atoms with E-state index in [2.05, 4.69) is 10.2 Å². The molecule has 0 aromatic rings. The van der Waals surface area contributed by atoms with Crippen LogP contribution in [0.4, 0.5) is 0 Å². The van der Waals surface area contributed by atoms with E-state index in [0.717, 1.165) is 31.9 Å². The van der Waals surface area contributed by atoms with E-state index >= 15 is 0 Å². The number of nitrogens with one attached hydrogen (secondary N) is 1. The van der Waals surface area contributed by atoms with E-state index < -0.39 is 0 Å². The largest absolute Gasteiger partial charge is 0.366 e. The first-order chi connectivity index (χ1) is 5.38. The average Bonchev–Trinajstić information content (AvgIpc) is 2.04. The van der Waals surface area contributed by atoms with E-state index in [4.69, 9.17) is 0 Å². The molecule has 0 aromatic heterocycles. The Labute approximate surface area is 66.1 Å². The summed E-state index contributed by atoms with van der Waals surface area (Å²) in [7, 11) is 0. The van der Waals surface area contributed by atoms with Crippen LogP contribution >= 0.6 is 0 Å². The molecule has 0 spiro atoms. The summed E-state index contributed by atoms with van der Waals surface area (Å²) < 4.78 is 0. The van der Waals surface area contributed by atoms with E-state index in [1.165, 1.54) is 0 Å². The van der Waals surface area contributed by atoms with Gasteiger partial charge in [-0.2, -0.15) is 0 Å². The summed E-state index contributed by atoms with van der Waals surface area (Å²) in [5, 5.41) is 3.25. The van der Waals surface area contributed by atoms with Gasteiger partial charge in [-0.05, 0) is 6.08 Å². The molecule has 1 heterocycles. The van der Waals surface area contributed by atoms with Gasteiger partial charge in [0.1, 0.15) is 0 Å². The summed E-state index contributed by atoms with van der Waals surface area (Å²) in [6, 6.07) is 0. The second kappa shape index (κ2) is 2.66. The zero-order chi connectivity index (χ0) is 7.68. The molecule has 3 heteroatoms. The zero-order valence-corrected chi connectivity index (χ0v) is 6.47. The standard InChI is InChI=1S/C8H12N2O/c11-8-2-1-7(8)10-5-3-9-4-6-10/h1,9H,2-6H2. The molecule has 0 aromatic carbocycles. The number of piperazine rings is 1. The van der Waals surface area contributed by atoms with Gasteiger partial charge in [0.05, 0.1) is 5.70 Å². The van der Waals surface area contributed by atoms with Crippen LogP contribution < -0.4 is 5.32 Å². The van der Waals surface area contributed by atoms with Gasteiger partial charge < -0.3 is 10.2 Å². The molecular formula is C8H12N2O. The topological polar surface area (TPSA) is 32.3 Å². The van der Waals surface area contributed by atoms with Crippen LogP contribution in [-0.4, -0.2) is 36.9 Å². The minimum absolute atomic E-state index is 0.312. The van der Waals surface area contributed by atoms with Crippen molar-refractivity contribution in [1.82, 2.24) is 10.2 Å². The molecule has 2 aliphatic rings. The average molecular weight is 152 g/mol. The summed E-state index contributed by atoms with van der Waals surface area (Å²) >= 11 is 0. The Morgan fingerprint density at radius 3 is 2.55 bits per heavy atom. The van der Waals surface area contributed by atoms with Crippen molar-refractivity contribution in [3.63, 3.8) is 0 Å². The summed E-state index contributed by atoms with van der Waals surface area (Å²) in [5.41, 5.74) is 0.950. The second-order valence-electron chi connectivity index (χ2n) is 2.95. The molecule has 1 saturated heterocycles. The third-order valence-electron chi connectivity index (χ3n) is 2.22. The van der Waals surface area contributed by atoms with Crippen LogP contribution in [0.2, 0.25) is 0 Å². The molecule has 3 nitrogen and oxygen atoms in total. The molecule has 0 bridgehead atoms. The molecule has 0 saturated carbocycles. The number of ketones is 1. The van der Waals surface area contributed by atoms with Gasteiger partial charge >= 0.3 is 0 Å². The lowest BCUT2D eigenvalue weighted by atomic mass is 10.0. The van der Waals surface area contributed by atoms with Crippen LogP contribution in [-0.2, 0) is 4.79 Å². The molecule has 1 aliphatic heterocycles. The molecule has 0 atom stereocenters. The highest BCUT2D eigenvalue weighted by Crippen LogP contribution is 2.18. The van der Waals surface area contributed by atoms with Crippen LogP contribution in [0.15, 0.2) is 11.8 Å². The maximum atomic E-state index is 11.0. The lowest BCUT2D eigenvalue weighted by molar-refractivity contribution is -0.118. The van der Waals surface area contributed by atoms with Gasteiger partial charge in [-0.25, -0.2) is 0 Å². The third-order valence-corrected chi connectivity index (χ3v) is 2.22. The monoisotopic (exact) mass is 152 g/mol. The summed E-state index contributed by atoms with van der Waals surface area (Å²) in [6.07, 6.45) is 2.67. The lowest BCUT2D eigenvalue weighted by Crippen LogP contribution is -2.45. The van der Waals surface area contributed by atoms with Crippen LogP contribution in [0.5, 0.6) is 0 Å². The molecule has 1 fully saturated rings. The Kier molecular flexibility index (Phi) is 1.66. The first-order valence-electron chi connectivity index (χ1n) is 4.07. The van der Waals surface area contributed by atoms with Crippen LogP contribution in [0, 0.1) is 0 Å². The van der Waals surface area contributed by atoms with Crippen LogP contribution in [0.3, 0.4) is 0 Å². The highest BCUT2D eigenvalue weighted by atomic mass is 16.1. The van der Waals surface area contributed by atoms with Gasteiger partial charge in [0.15, 0.2) is 5.78 Å². The van der Waals surface area contributed by atoms with Gasteiger partial charge in [-0.15, -0.1) is 0 Å².